The van der Waals surface area contributed by atoms with Crippen LogP contribution in [0.5, 0.6) is 0 Å². The number of hydrogen-bond acceptors (Lipinski definition) is 4. The fourth-order valence-electron chi connectivity index (χ4n) is 4.65. The highest BCUT2D eigenvalue weighted by atomic mass is 35.5. The lowest BCUT2D eigenvalue weighted by Gasteiger charge is -2.45. The van der Waals surface area contributed by atoms with Gasteiger partial charge >= 0.3 is 0 Å². The molecule has 2 unspecified atom stereocenters. The summed E-state index contributed by atoms with van der Waals surface area (Å²) in [6, 6.07) is 7.88. The van der Waals surface area contributed by atoms with Crippen molar-refractivity contribution in [1.29, 1.82) is 0 Å². The van der Waals surface area contributed by atoms with E-state index < -0.39 is 0 Å². The number of halogens is 1. The Morgan fingerprint density at radius 1 is 1.30 bits per heavy atom. The number of allylic oxidation sites excluding steroid dienone is 9. The van der Waals surface area contributed by atoms with E-state index in [1.165, 1.54) is 5.57 Å². The number of nitrogens with one attached hydrogen (secondary N) is 1. The zero-order valence-corrected chi connectivity index (χ0v) is 19.9. The van der Waals surface area contributed by atoms with Crippen molar-refractivity contribution in [3.05, 3.63) is 114 Å². The molecule has 3 rings (SSSR count). The molecule has 1 fully saturated rings. The minimum absolute atomic E-state index is 0.0389. The minimum Gasteiger partial charge on any atom is -0.404 e. The zero-order valence-electron chi connectivity index (χ0n) is 19.2. The van der Waals surface area contributed by atoms with Crippen molar-refractivity contribution < 1.29 is 5.11 Å². The van der Waals surface area contributed by atoms with Gasteiger partial charge in [0.05, 0.1) is 5.71 Å². The third kappa shape index (κ3) is 5.13. The minimum atomic E-state index is -0.356. The Balaban J connectivity index is 1.97. The molecule has 4 nitrogen and oxygen atoms in total. The molecule has 1 aromatic rings. The monoisotopic (exact) mass is 461 g/mol. The lowest BCUT2D eigenvalue weighted by molar-refractivity contribution is 0.299. The normalized spacial score (nSPS) is 25.2. The SMILES string of the molecule is C=C/C(Cl)=C(\C=C)C1CC(=C/N)/C(=N\C(=C)Nc2ccc(CCO)cc2)C2(C)CC=CC=C12. The van der Waals surface area contributed by atoms with Gasteiger partial charge in [-0.25, -0.2) is 4.99 Å². The average Bonchev–Trinajstić information content (AvgIpc) is 2.82. The molecule has 33 heavy (non-hydrogen) atoms. The topological polar surface area (TPSA) is 70.6 Å². The van der Waals surface area contributed by atoms with Gasteiger partial charge in [-0.2, -0.15) is 0 Å². The van der Waals surface area contributed by atoms with Gasteiger partial charge in [0.2, 0.25) is 0 Å². The maximum Gasteiger partial charge on any atom is 0.123 e. The summed E-state index contributed by atoms with van der Waals surface area (Å²) in [5.74, 6) is 0.577. The summed E-state index contributed by atoms with van der Waals surface area (Å²) in [6.45, 7) is 14.3. The number of anilines is 1. The highest BCUT2D eigenvalue weighted by Gasteiger charge is 2.45. The van der Waals surface area contributed by atoms with Gasteiger partial charge < -0.3 is 16.2 Å². The number of rotatable bonds is 8. The summed E-state index contributed by atoms with van der Waals surface area (Å²) >= 11 is 6.50. The zero-order chi connectivity index (χ0) is 24.0. The van der Waals surface area contributed by atoms with Crippen molar-refractivity contribution in [3.8, 4) is 0 Å². The summed E-state index contributed by atoms with van der Waals surface area (Å²) < 4.78 is 0. The Kier molecular flexibility index (Phi) is 7.96. The molecule has 172 valence electrons. The van der Waals surface area contributed by atoms with Crippen LogP contribution in [0.4, 0.5) is 5.69 Å². The molecule has 1 aromatic carbocycles. The van der Waals surface area contributed by atoms with Crippen LogP contribution in [0.1, 0.15) is 25.3 Å². The van der Waals surface area contributed by atoms with Gasteiger partial charge in [0.15, 0.2) is 0 Å². The maximum absolute atomic E-state index is 9.10. The van der Waals surface area contributed by atoms with Gasteiger partial charge in [-0.05, 0) is 61.2 Å². The number of hydrogen-bond donors (Lipinski definition) is 3. The van der Waals surface area contributed by atoms with E-state index >= 15 is 0 Å². The molecule has 5 heteroatoms. The largest absolute Gasteiger partial charge is 0.404 e. The van der Waals surface area contributed by atoms with Gasteiger partial charge in [0.25, 0.3) is 0 Å². The first-order valence-corrected chi connectivity index (χ1v) is 11.4. The van der Waals surface area contributed by atoms with Crippen LogP contribution < -0.4 is 11.1 Å². The molecular weight excluding hydrogens is 430 g/mol. The molecule has 0 amide bonds. The summed E-state index contributed by atoms with van der Waals surface area (Å²) in [4.78, 5) is 4.94. The second-order valence-corrected chi connectivity index (χ2v) is 8.86. The van der Waals surface area contributed by atoms with Crippen LogP contribution in [0.25, 0.3) is 0 Å². The Labute approximate surface area is 202 Å². The molecule has 0 aromatic heterocycles. The standard InChI is InChI=1S/C28H32ClN3O/c1-5-23(26(29)6-2)24-17-21(18-30)27(28(4)15-8-7-9-25(24)28)32-19(3)31-22-12-10-20(11-13-22)14-16-33/h5-13,18,24,31,33H,1-3,14-17,30H2,4H3/b21-18-,26-23-,32-27+. The molecule has 2 atom stereocenters. The second-order valence-electron chi connectivity index (χ2n) is 8.45. The van der Waals surface area contributed by atoms with E-state index in [1.54, 1.807) is 12.3 Å². The van der Waals surface area contributed by atoms with E-state index in [-0.39, 0.29) is 17.9 Å². The predicted octanol–water partition coefficient (Wildman–Crippen LogP) is 6.17. The lowest BCUT2D eigenvalue weighted by atomic mass is 9.59. The van der Waals surface area contributed by atoms with Gasteiger partial charge in [-0.3, -0.25) is 0 Å². The number of aliphatic imine (C=N–C) groups is 1. The molecule has 0 aliphatic heterocycles. The first kappa shape index (κ1) is 24.6. The van der Waals surface area contributed by atoms with Crippen LogP contribution in [0.15, 0.2) is 113 Å². The van der Waals surface area contributed by atoms with E-state index in [0.717, 1.165) is 34.5 Å². The highest BCUT2D eigenvalue weighted by Crippen LogP contribution is 2.51. The van der Waals surface area contributed by atoms with Gasteiger partial charge in [0.1, 0.15) is 5.82 Å². The Morgan fingerprint density at radius 3 is 2.64 bits per heavy atom. The number of nitrogens with zero attached hydrogens (tertiary/aromatic N) is 1. The van der Waals surface area contributed by atoms with Crippen molar-refractivity contribution >= 4 is 23.0 Å². The molecule has 0 bridgehead atoms. The van der Waals surface area contributed by atoms with E-state index in [1.807, 2.05) is 30.3 Å². The highest BCUT2D eigenvalue weighted by molar-refractivity contribution is 6.31. The van der Waals surface area contributed by atoms with Crippen LogP contribution in [0.2, 0.25) is 0 Å². The number of aliphatic hydroxyl groups is 1. The number of nitrogens with two attached hydrogens (primary N) is 1. The number of fused-ring (bicyclic) bond motifs is 1. The van der Waals surface area contributed by atoms with E-state index in [9.17, 15) is 0 Å². The third-order valence-corrected chi connectivity index (χ3v) is 6.72. The van der Waals surface area contributed by atoms with Crippen LogP contribution >= 0.6 is 11.6 Å². The molecule has 4 N–H and O–H groups in total. The van der Waals surface area contributed by atoms with Gasteiger partial charge in [-0.15, -0.1) is 0 Å². The van der Waals surface area contributed by atoms with Crippen LogP contribution in [-0.4, -0.2) is 17.4 Å². The molecule has 1 saturated carbocycles. The molecule has 0 heterocycles. The van der Waals surface area contributed by atoms with Gasteiger partial charge in [0, 0.05) is 28.7 Å². The summed E-state index contributed by atoms with van der Waals surface area (Å²) in [6.07, 6.45) is 13.6. The fraction of sp³-hybridized carbons (Fsp3) is 0.250. The lowest BCUT2D eigenvalue weighted by Crippen LogP contribution is -2.41. The number of aliphatic hydroxyl groups excluding tert-OH is 1. The Bertz CT molecular complexity index is 1090. The summed E-state index contributed by atoms with van der Waals surface area (Å²) in [5, 5.41) is 13.0. The first-order valence-electron chi connectivity index (χ1n) is 11.1. The smallest absolute Gasteiger partial charge is 0.123 e. The van der Waals surface area contributed by atoms with Crippen molar-refractivity contribution in [2.24, 2.45) is 22.1 Å². The summed E-state index contributed by atoms with van der Waals surface area (Å²) in [5.41, 5.74) is 11.8. The van der Waals surface area contributed by atoms with Gasteiger partial charge in [-0.1, -0.05) is 79.4 Å². The van der Waals surface area contributed by atoms with Crippen molar-refractivity contribution in [2.45, 2.75) is 26.2 Å². The third-order valence-electron chi connectivity index (χ3n) is 6.34. The van der Waals surface area contributed by atoms with E-state index in [4.69, 9.17) is 27.4 Å². The molecule has 0 saturated heterocycles. The van der Waals surface area contributed by atoms with Crippen LogP contribution in [0.3, 0.4) is 0 Å². The predicted molar refractivity (Wildman–Crippen MR) is 141 cm³/mol. The molecule has 0 spiro atoms. The van der Waals surface area contributed by atoms with Crippen molar-refractivity contribution in [1.82, 2.24) is 0 Å². The van der Waals surface area contributed by atoms with Crippen molar-refractivity contribution in [2.75, 3.05) is 11.9 Å². The van der Waals surface area contributed by atoms with Crippen LogP contribution in [0, 0.1) is 11.3 Å². The van der Waals surface area contributed by atoms with E-state index in [0.29, 0.717) is 23.7 Å². The molecule has 0 radical (unpaired) electrons. The second kappa shape index (κ2) is 10.7. The first-order chi connectivity index (χ1) is 15.9. The molecular formula is C28H32ClN3O. The number of benzene rings is 1. The average molecular weight is 462 g/mol. The summed E-state index contributed by atoms with van der Waals surface area (Å²) in [7, 11) is 0. The van der Waals surface area contributed by atoms with Crippen LogP contribution in [-0.2, 0) is 6.42 Å². The van der Waals surface area contributed by atoms with Crippen molar-refractivity contribution in [3.63, 3.8) is 0 Å². The Hall–Kier alpha value is -3.08. The van der Waals surface area contributed by atoms with E-state index in [2.05, 4.69) is 50.2 Å². The fourth-order valence-corrected chi connectivity index (χ4v) is 4.86. The molecule has 2 aliphatic rings. The Morgan fingerprint density at radius 2 is 2.03 bits per heavy atom. The molecule has 2 aliphatic carbocycles. The quantitative estimate of drug-likeness (QED) is 0.405. The maximum atomic E-state index is 9.10.